The molecule has 0 unspecified atom stereocenters. The maximum atomic E-state index is 12.3. The summed E-state index contributed by atoms with van der Waals surface area (Å²) >= 11 is 0. The van der Waals surface area contributed by atoms with Crippen molar-refractivity contribution >= 4 is 39.0 Å². The molecule has 2 fully saturated rings. The van der Waals surface area contributed by atoms with Crippen LogP contribution in [0.1, 0.15) is 48.5 Å². The molecular weight excluding hydrogens is 514 g/mol. The Morgan fingerprint density at radius 2 is 1.72 bits per heavy atom. The van der Waals surface area contributed by atoms with Gasteiger partial charge in [-0.05, 0) is 67.6 Å². The van der Waals surface area contributed by atoms with Crippen LogP contribution in [0.3, 0.4) is 0 Å². The topological polar surface area (TPSA) is 130 Å². The van der Waals surface area contributed by atoms with Crippen molar-refractivity contribution in [3.8, 4) is 6.07 Å². The van der Waals surface area contributed by atoms with E-state index in [9.17, 15) is 13.2 Å². The summed E-state index contributed by atoms with van der Waals surface area (Å²) < 4.78 is 26.2. The lowest BCUT2D eigenvalue weighted by Gasteiger charge is -2.37. The third-order valence-corrected chi connectivity index (χ3v) is 9.09. The van der Waals surface area contributed by atoms with Crippen molar-refractivity contribution in [1.82, 2.24) is 9.62 Å². The smallest absolute Gasteiger partial charge is 0.252 e. The molecule has 206 valence electrons. The van der Waals surface area contributed by atoms with Crippen LogP contribution in [-0.4, -0.2) is 75.3 Å². The lowest BCUT2D eigenvalue weighted by atomic mass is 10.0. The molecule has 1 amide bonds. The van der Waals surface area contributed by atoms with Gasteiger partial charge >= 0.3 is 0 Å². The fourth-order valence-corrected chi connectivity index (χ4v) is 6.81. The molecule has 0 radical (unpaired) electrons. The van der Waals surface area contributed by atoms with Gasteiger partial charge in [-0.1, -0.05) is 19.1 Å². The largest absolute Gasteiger partial charge is 0.371 e. The molecule has 0 saturated carbocycles. The number of nitrogens with one attached hydrogen (secondary N) is 2. The highest BCUT2D eigenvalue weighted by Gasteiger charge is 2.36. The Labute approximate surface area is 230 Å². The molecule has 2 aromatic carbocycles. The Kier molecular flexibility index (Phi) is 9.32. The van der Waals surface area contributed by atoms with Crippen molar-refractivity contribution in [2.75, 3.05) is 49.2 Å². The summed E-state index contributed by atoms with van der Waals surface area (Å²) in [6, 6.07) is 17.2. The number of anilines is 2. The van der Waals surface area contributed by atoms with Gasteiger partial charge in [0, 0.05) is 49.7 Å². The van der Waals surface area contributed by atoms with Gasteiger partial charge in [0.2, 0.25) is 16.0 Å². The number of hydrogen-bond donors (Lipinski definition) is 2. The van der Waals surface area contributed by atoms with Crippen LogP contribution in [0.2, 0.25) is 0 Å². The van der Waals surface area contributed by atoms with E-state index in [4.69, 9.17) is 10.3 Å². The molecule has 0 bridgehead atoms. The quantitative estimate of drug-likeness (QED) is 0.310. The lowest BCUT2D eigenvalue weighted by molar-refractivity contribution is 0.0958. The summed E-state index contributed by atoms with van der Waals surface area (Å²) in [6.07, 6.45) is 3.09. The van der Waals surface area contributed by atoms with E-state index in [1.165, 1.54) is 0 Å². The highest BCUT2D eigenvalue weighted by atomic mass is 32.2. The summed E-state index contributed by atoms with van der Waals surface area (Å²) in [6.45, 7) is 4.29. The monoisotopic (exact) mass is 549 g/mol. The van der Waals surface area contributed by atoms with Gasteiger partial charge in [-0.2, -0.15) is 9.57 Å². The van der Waals surface area contributed by atoms with Gasteiger partial charge < -0.3 is 15.5 Å². The lowest BCUT2D eigenvalue weighted by Crippen LogP contribution is -2.45. The fraction of sp³-hybridized carbons (Fsp3) is 0.429. The average molecular weight is 550 g/mol. The molecule has 0 aliphatic carbocycles. The number of carbonyl (C=O) groups is 1. The summed E-state index contributed by atoms with van der Waals surface area (Å²) in [5, 5.41) is 14.4. The van der Waals surface area contributed by atoms with Crippen LogP contribution in [0, 0.1) is 11.3 Å². The second kappa shape index (κ2) is 12.9. The summed E-state index contributed by atoms with van der Waals surface area (Å²) in [4.78, 5) is 23.4. The maximum Gasteiger partial charge on any atom is 0.252 e. The minimum absolute atomic E-state index is 0.0329. The Morgan fingerprint density at radius 3 is 2.28 bits per heavy atom. The van der Waals surface area contributed by atoms with Gasteiger partial charge in [-0.25, -0.2) is 13.4 Å². The van der Waals surface area contributed by atoms with Crippen LogP contribution in [0.15, 0.2) is 58.5 Å². The van der Waals surface area contributed by atoms with Crippen LogP contribution in [0.4, 0.5) is 11.4 Å². The van der Waals surface area contributed by atoms with Crippen molar-refractivity contribution in [2.24, 2.45) is 9.98 Å². The molecule has 2 saturated heterocycles. The zero-order valence-corrected chi connectivity index (χ0v) is 23.2. The van der Waals surface area contributed by atoms with Crippen LogP contribution in [-0.2, 0) is 10.0 Å². The number of benzene rings is 2. The number of sulfonamides is 1. The Bertz CT molecular complexity index is 1360. The highest BCUT2D eigenvalue weighted by molar-refractivity contribution is 7.89. The first-order valence-corrected chi connectivity index (χ1v) is 14.9. The predicted molar refractivity (Wildman–Crippen MR) is 155 cm³/mol. The van der Waals surface area contributed by atoms with Crippen molar-refractivity contribution < 1.29 is 13.2 Å². The number of piperidine rings is 1. The maximum absolute atomic E-state index is 12.3. The van der Waals surface area contributed by atoms with E-state index in [-0.39, 0.29) is 24.2 Å². The number of carbonyl (C=O) groups excluding carboxylic acids is 1. The van der Waals surface area contributed by atoms with Crippen molar-refractivity contribution in [1.29, 1.82) is 5.26 Å². The van der Waals surface area contributed by atoms with E-state index >= 15 is 0 Å². The Balaban J connectivity index is 1.36. The normalized spacial score (nSPS) is 18.5. The highest BCUT2D eigenvalue weighted by Crippen LogP contribution is 2.27. The van der Waals surface area contributed by atoms with Crippen molar-refractivity contribution in [3.05, 3.63) is 59.7 Å². The second-order valence-electron chi connectivity index (χ2n) is 9.55. The van der Waals surface area contributed by atoms with E-state index in [0.717, 1.165) is 55.0 Å². The zero-order chi connectivity index (χ0) is 27.8. The summed E-state index contributed by atoms with van der Waals surface area (Å²) in [5.74, 6) is 0.468. The minimum atomic E-state index is -3.07. The van der Waals surface area contributed by atoms with Crippen LogP contribution >= 0.6 is 0 Å². The molecule has 2 aliphatic rings. The van der Waals surface area contributed by atoms with Gasteiger partial charge in [-0.15, -0.1) is 0 Å². The van der Waals surface area contributed by atoms with E-state index < -0.39 is 10.0 Å². The third kappa shape index (κ3) is 7.02. The molecule has 11 heteroatoms. The first kappa shape index (κ1) is 28.3. The van der Waals surface area contributed by atoms with Crippen LogP contribution in [0.25, 0.3) is 0 Å². The van der Waals surface area contributed by atoms with Gasteiger partial charge in [0.15, 0.2) is 0 Å². The van der Waals surface area contributed by atoms with Gasteiger partial charge in [0.1, 0.15) is 6.54 Å². The minimum Gasteiger partial charge on any atom is -0.371 e. The first-order valence-electron chi connectivity index (χ1n) is 13.3. The van der Waals surface area contributed by atoms with Crippen molar-refractivity contribution in [3.63, 3.8) is 0 Å². The molecular formula is C28H35N7O3S. The SMILES string of the molecule is CCC(=NC(=NC)Nc1ccc(N2CCC(N3CCCS3(=O)=O)CC2)cc1)c1ccc(C(=O)NCC#N)cc1. The van der Waals surface area contributed by atoms with E-state index in [0.29, 0.717) is 24.5 Å². The van der Waals surface area contributed by atoms with E-state index in [1.54, 1.807) is 23.5 Å². The van der Waals surface area contributed by atoms with E-state index in [2.05, 4.69) is 32.7 Å². The van der Waals surface area contributed by atoms with Crippen LogP contribution < -0.4 is 15.5 Å². The number of hydrogen-bond acceptors (Lipinski definition) is 6. The number of nitriles is 1. The number of nitrogens with zero attached hydrogens (tertiary/aromatic N) is 5. The van der Waals surface area contributed by atoms with E-state index in [1.807, 2.05) is 37.3 Å². The molecule has 4 rings (SSSR count). The molecule has 2 N–H and O–H groups in total. The number of aliphatic imine (C=N–C) groups is 2. The zero-order valence-electron chi connectivity index (χ0n) is 22.4. The standard InChI is InChI=1S/C28H35N7O3S/c1-3-26(21-5-7-22(8-6-21)27(36)31-16-15-29)33-28(30-2)32-23-9-11-24(12-10-23)34-18-13-25(14-19-34)35-17-4-20-39(35,37)38/h5-12,25H,3-4,13-14,16-20H2,1-2H3,(H,30,32)(H,31,36). The molecule has 2 heterocycles. The second-order valence-corrected chi connectivity index (χ2v) is 11.6. The molecule has 0 aromatic heterocycles. The summed E-state index contributed by atoms with van der Waals surface area (Å²) in [5.41, 5.74) is 4.16. The predicted octanol–water partition coefficient (Wildman–Crippen LogP) is 3.24. The van der Waals surface area contributed by atoms with Crippen molar-refractivity contribution in [2.45, 2.75) is 38.6 Å². The number of amides is 1. The number of guanidine groups is 1. The number of rotatable bonds is 7. The first-order chi connectivity index (χ1) is 18.8. The molecule has 2 aliphatic heterocycles. The van der Waals surface area contributed by atoms with Gasteiger partial charge in [-0.3, -0.25) is 9.79 Å². The molecule has 0 spiro atoms. The van der Waals surface area contributed by atoms with Gasteiger partial charge in [0.25, 0.3) is 5.91 Å². The summed E-state index contributed by atoms with van der Waals surface area (Å²) in [7, 11) is -1.39. The molecule has 2 aromatic rings. The molecule has 39 heavy (non-hydrogen) atoms. The fourth-order valence-electron chi connectivity index (χ4n) is 5.01. The van der Waals surface area contributed by atoms with Crippen LogP contribution in [0.5, 0.6) is 0 Å². The molecule has 10 nitrogen and oxygen atoms in total. The van der Waals surface area contributed by atoms with Gasteiger partial charge in [0.05, 0.1) is 17.5 Å². The molecule has 0 atom stereocenters. The third-order valence-electron chi connectivity index (χ3n) is 7.09. The Hall–Kier alpha value is -3.75. The Morgan fingerprint density at radius 1 is 1.05 bits per heavy atom. The average Bonchev–Trinajstić information content (AvgIpc) is 3.33.